The average molecular weight is 721 g/mol. The second kappa shape index (κ2) is 16.9. The molecule has 1 aliphatic rings. The number of ether oxygens (including phenoxy) is 2. The van der Waals surface area contributed by atoms with Gasteiger partial charge in [-0.15, -0.1) is 0 Å². The summed E-state index contributed by atoms with van der Waals surface area (Å²) in [7, 11) is -4.18. The third-order valence-corrected chi connectivity index (χ3v) is 9.62. The van der Waals surface area contributed by atoms with E-state index in [-0.39, 0.29) is 16.2 Å². The quantitative estimate of drug-likeness (QED) is 0.0804. The molecule has 1 aliphatic heterocycles. The Hall–Kier alpha value is -5.55. The van der Waals surface area contributed by atoms with Crippen LogP contribution in [0.1, 0.15) is 15.9 Å². The highest BCUT2D eigenvalue weighted by atomic mass is 35.5. The second-order valence-corrected chi connectivity index (χ2v) is 13.7. The Balaban J connectivity index is 1.08. The van der Waals surface area contributed by atoms with Crippen LogP contribution in [-0.4, -0.2) is 40.6 Å². The highest BCUT2D eigenvalue weighted by Crippen LogP contribution is 2.29. The van der Waals surface area contributed by atoms with Crippen LogP contribution in [0.3, 0.4) is 0 Å². The van der Waals surface area contributed by atoms with Crippen LogP contribution >= 0.6 is 11.6 Å². The van der Waals surface area contributed by atoms with E-state index in [4.69, 9.17) is 21.1 Å². The predicted molar refractivity (Wildman–Crippen MR) is 203 cm³/mol. The Morgan fingerprint density at radius 3 is 2.29 bits per heavy atom. The van der Waals surface area contributed by atoms with Crippen molar-refractivity contribution < 1.29 is 22.7 Å². The average Bonchev–Trinajstić information content (AvgIpc) is 3.15. The lowest BCUT2D eigenvalue weighted by Crippen LogP contribution is -2.30. The molecule has 0 spiro atoms. The van der Waals surface area contributed by atoms with Gasteiger partial charge in [0.2, 0.25) is 0 Å². The van der Waals surface area contributed by atoms with Crippen LogP contribution in [0.4, 0.5) is 11.4 Å². The highest BCUT2D eigenvalue weighted by molar-refractivity contribution is 7.90. The first-order valence-corrected chi connectivity index (χ1v) is 18.2. The van der Waals surface area contributed by atoms with Crippen molar-refractivity contribution in [1.82, 2.24) is 10.0 Å². The van der Waals surface area contributed by atoms with Crippen molar-refractivity contribution in [3.63, 3.8) is 0 Å². The zero-order chi connectivity index (χ0) is 35.5. The minimum absolute atomic E-state index is 0.0429. The van der Waals surface area contributed by atoms with Gasteiger partial charge in [0.1, 0.15) is 18.1 Å². The van der Waals surface area contributed by atoms with E-state index in [0.717, 1.165) is 28.0 Å². The number of hydrogen-bond donors (Lipinski definition) is 4. The minimum Gasteiger partial charge on any atom is -0.497 e. The molecule has 1 heterocycles. The molecule has 0 fully saturated rings. The van der Waals surface area contributed by atoms with Crippen LogP contribution in [0.2, 0.25) is 5.02 Å². The van der Waals surface area contributed by atoms with E-state index in [0.29, 0.717) is 49.2 Å². The van der Waals surface area contributed by atoms with Crippen molar-refractivity contribution in [1.29, 1.82) is 0 Å². The maximum atomic E-state index is 13.4. The number of carbonyl (C=O) groups is 1. The summed E-state index contributed by atoms with van der Waals surface area (Å²) in [5, 5.41) is 10.8. The number of halogens is 1. The van der Waals surface area contributed by atoms with Crippen molar-refractivity contribution in [2.45, 2.75) is 11.4 Å². The first-order chi connectivity index (χ1) is 24.8. The Bertz CT molecular complexity index is 2120. The maximum Gasteiger partial charge on any atom is 0.268 e. The summed E-state index contributed by atoms with van der Waals surface area (Å²) < 4.78 is 39.9. The van der Waals surface area contributed by atoms with Crippen molar-refractivity contribution in [2.24, 2.45) is 0 Å². The van der Waals surface area contributed by atoms with E-state index < -0.39 is 15.9 Å². The first-order valence-electron chi connectivity index (χ1n) is 16.4. The van der Waals surface area contributed by atoms with Gasteiger partial charge in [-0.05, 0) is 95.1 Å². The van der Waals surface area contributed by atoms with Gasteiger partial charge in [-0.3, -0.25) is 4.79 Å². The molecular formula is C40H37ClN4O5S. The number of rotatable bonds is 15. The SMILES string of the molecule is O=C(NS(=O)(=O)c1ccc(NCC2=CCOC=C2)cc1)c1ccc(NCCNCc2ccccc2-c2ccc(Cl)cc2)cc1Oc1ccccc1. The Morgan fingerprint density at radius 1 is 0.784 bits per heavy atom. The Kier molecular flexibility index (Phi) is 11.7. The topological polar surface area (TPSA) is 118 Å². The molecule has 0 bridgehead atoms. The molecule has 5 aromatic carbocycles. The minimum atomic E-state index is -4.18. The molecule has 0 radical (unpaired) electrons. The van der Waals surface area contributed by atoms with Crippen LogP contribution < -0.4 is 25.4 Å². The molecule has 260 valence electrons. The van der Waals surface area contributed by atoms with Crippen LogP contribution in [0.25, 0.3) is 11.1 Å². The number of carbonyl (C=O) groups excluding carboxylic acids is 1. The third-order valence-electron chi connectivity index (χ3n) is 8.02. The predicted octanol–water partition coefficient (Wildman–Crippen LogP) is 8.00. The van der Waals surface area contributed by atoms with Gasteiger partial charge in [0.05, 0.1) is 16.7 Å². The molecule has 5 aromatic rings. The summed E-state index contributed by atoms with van der Waals surface area (Å²) in [5.41, 5.74) is 5.97. The number of anilines is 2. The van der Waals surface area contributed by atoms with E-state index in [1.54, 1.807) is 48.7 Å². The summed E-state index contributed by atoms with van der Waals surface area (Å²) >= 11 is 6.08. The lowest BCUT2D eigenvalue weighted by molar-refractivity contribution is 0.0979. The Morgan fingerprint density at radius 2 is 1.53 bits per heavy atom. The number of amides is 1. The molecule has 0 aliphatic carbocycles. The summed E-state index contributed by atoms with van der Waals surface area (Å²) in [4.78, 5) is 13.4. The zero-order valence-electron chi connectivity index (χ0n) is 27.6. The molecule has 1 amide bonds. The van der Waals surface area contributed by atoms with E-state index in [1.807, 2.05) is 66.7 Å². The van der Waals surface area contributed by atoms with Gasteiger partial charge in [0.15, 0.2) is 0 Å². The van der Waals surface area contributed by atoms with E-state index in [9.17, 15) is 13.2 Å². The first kappa shape index (κ1) is 35.3. The number of hydrogen-bond acceptors (Lipinski definition) is 8. The third kappa shape index (κ3) is 9.79. The molecule has 0 saturated carbocycles. The number of sulfonamides is 1. The smallest absolute Gasteiger partial charge is 0.268 e. The van der Waals surface area contributed by atoms with E-state index in [1.165, 1.54) is 12.1 Å². The molecule has 0 unspecified atom stereocenters. The fourth-order valence-electron chi connectivity index (χ4n) is 5.36. The molecule has 6 rings (SSSR count). The van der Waals surface area contributed by atoms with Gasteiger partial charge in [-0.1, -0.05) is 66.2 Å². The molecule has 9 nitrogen and oxygen atoms in total. The zero-order valence-corrected chi connectivity index (χ0v) is 29.2. The number of para-hydroxylation sites is 1. The van der Waals surface area contributed by atoms with Gasteiger partial charge >= 0.3 is 0 Å². The monoisotopic (exact) mass is 720 g/mol. The Labute approximate surface area is 303 Å². The largest absolute Gasteiger partial charge is 0.497 e. The molecule has 0 aromatic heterocycles. The normalized spacial score (nSPS) is 12.4. The van der Waals surface area contributed by atoms with Crippen LogP contribution in [0.5, 0.6) is 11.5 Å². The summed E-state index contributed by atoms with van der Waals surface area (Å²) in [5.74, 6) is -0.101. The van der Waals surface area contributed by atoms with Gasteiger partial charge in [0, 0.05) is 48.6 Å². The van der Waals surface area contributed by atoms with Crippen molar-refractivity contribution >= 4 is 38.9 Å². The van der Waals surface area contributed by atoms with Crippen molar-refractivity contribution in [2.75, 3.05) is 36.9 Å². The lowest BCUT2D eigenvalue weighted by atomic mass is 10.00. The van der Waals surface area contributed by atoms with Crippen LogP contribution in [0, 0.1) is 0 Å². The molecule has 11 heteroatoms. The second-order valence-electron chi connectivity index (χ2n) is 11.6. The van der Waals surface area contributed by atoms with Gasteiger partial charge in [0.25, 0.3) is 15.9 Å². The standard InChI is InChI=1S/C40H37ClN4O5S/c41-32-12-10-30(11-13-32)37-9-5-4-6-31(37)28-42-22-23-43-34-16-19-38(39(26-34)50-35-7-2-1-3-8-35)40(46)45-51(47,48)36-17-14-33(15-18-36)44-27-29-20-24-49-25-21-29/h1-21,24,26,42-44H,22-23,25,27-28H2,(H,45,46). The number of benzene rings is 5. The summed E-state index contributed by atoms with van der Waals surface area (Å²) in [6.45, 7) is 2.99. The van der Waals surface area contributed by atoms with E-state index in [2.05, 4.69) is 32.8 Å². The van der Waals surface area contributed by atoms with Crippen LogP contribution in [-0.2, 0) is 21.3 Å². The summed E-state index contributed by atoms with van der Waals surface area (Å²) in [6.07, 6.45) is 5.47. The molecule has 4 N–H and O–H groups in total. The van der Waals surface area contributed by atoms with Gasteiger partial charge < -0.3 is 25.4 Å². The lowest BCUT2D eigenvalue weighted by Gasteiger charge is -2.15. The van der Waals surface area contributed by atoms with Crippen molar-refractivity contribution in [3.05, 3.63) is 161 Å². The summed E-state index contributed by atoms with van der Waals surface area (Å²) in [6, 6.07) is 36.2. The van der Waals surface area contributed by atoms with Gasteiger partial charge in [-0.2, -0.15) is 0 Å². The number of nitrogens with one attached hydrogen (secondary N) is 4. The molecule has 0 saturated heterocycles. The van der Waals surface area contributed by atoms with Gasteiger partial charge in [-0.25, -0.2) is 13.1 Å². The molecule has 0 atom stereocenters. The van der Waals surface area contributed by atoms with Crippen LogP contribution in [0.15, 0.2) is 150 Å². The maximum absolute atomic E-state index is 13.4. The molecular weight excluding hydrogens is 684 g/mol. The van der Waals surface area contributed by atoms with E-state index >= 15 is 0 Å². The fourth-order valence-corrected chi connectivity index (χ4v) is 6.45. The molecule has 51 heavy (non-hydrogen) atoms. The highest BCUT2D eigenvalue weighted by Gasteiger charge is 2.22. The fraction of sp³-hybridized carbons (Fsp3) is 0.125. The van der Waals surface area contributed by atoms with Crippen molar-refractivity contribution in [3.8, 4) is 22.6 Å².